The van der Waals surface area contributed by atoms with Crippen molar-refractivity contribution in [2.24, 2.45) is 0 Å². The predicted octanol–water partition coefficient (Wildman–Crippen LogP) is 3.04. The molecule has 84 valence electrons. The van der Waals surface area contributed by atoms with Gasteiger partial charge in [0.1, 0.15) is 0 Å². The van der Waals surface area contributed by atoms with Crippen LogP contribution in [-0.4, -0.2) is 13.1 Å². The smallest absolute Gasteiger partial charge is 0.415 e. The highest BCUT2D eigenvalue weighted by molar-refractivity contribution is 5.90. The summed E-state index contributed by atoms with van der Waals surface area (Å²) in [6.07, 6.45) is -4.59. The Hall–Kier alpha value is -2.03. The molecule has 0 N–H and O–H groups in total. The minimum absolute atomic E-state index is 0.254. The van der Waals surface area contributed by atoms with Gasteiger partial charge in [-0.1, -0.05) is 0 Å². The van der Waals surface area contributed by atoms with Gasteiger partial charge in [0.15, 0.2) is 5.69 Å². The first-order valence-corrected chi connectivity index (χ1v) is 4.06. The van der Waals surface area contributed by atoms with Gasteiger partial charge in [0, 0.05) is 11.1 Å². The summed E-state index contributed by atoms with van der Waals surface area (Å²) in [6.45, 7) is 6.65. The van der Waals surface area contributed by atoms with Crippen molar-refractivity contribution >= 4 is 11.7 Å². The van der Waals surface area contributed by atoms with E-state index in [2.05, 4.69) is 9.58 Å². The molecule has 1 aromatic carbocycles. The molecular weight excluding hydrogens is 223 g/mol. The summed E-state index contributed by atoms with van der Waals surface area (Å²) in [5, 5.41) is 0. The summed E-state index contributed by atoms with van der Waals surface area (Å²) in [5.74, 6) is -0.906. The van der Waals surface area contributed by atoms with Crippen LogP contribution in [-0.2, 0) is 10.9 Å². The fourth-order valence-corrected chi connectivity index (χ4v) is 1.08. The fraction of sp³-hybridized carbons (Fsp3) is 0.200. The minimum Gasteiger partial charge on any atom is -0.465 e. The quantitative estimate of drug-likeness (QED) is 0.547. The zero-order valence-electron chi connectivity index (χ0n) is 8.13. The molecule has 0 amide bonds. The predicted molar refractivity (Wildman–Crippen MR) is 49.0 cm³/mol. The van der Waals surface area contributed by atoms with Crippen molar-refractivity contribution < 1.29 is 22.7 Å². The lowest BCUT2D eigenvalue weighted by Gasteiger charge is -2.08. The van der Waals surface area contributed by atoms with E-state index in [1.807, 2.05) is 0 Å². The van der Waals surface area contributed by atoms with Gasteiger partial charge in [-0.25, -0.2) is 9.64 Å². The summed E-state index contributed by atoms with van der Waals surface area (Å²) in [7, 11) is 1.06. The molecule has 0 aliphatic carbocycles. The van der Waals surface area contributed by atoms with Gasteiger partial charge >= 0.3 is 12.1 Å². The molecule has 0 spiro atoms. The average molecular weight is 229 g/mol. The zero-order valence-corrected chi connectivity index (χ0v) is 8.13. The highest BCUT2D eigenvalue weighted by atomic mass is 19.4. The lowest BCUT2D eigenvalue weighted by atomic mass is 10.1. The van der Waals surface area contributed by atoms with E-state index in [0.29, 0.717) is 12.1 Å². The standard InChI is InChI=1S/C10H6F3NO2/c1-14-8-4-6(9(15)16-2)3-7(5-8)10(11,12)13/h3-5H,2H3. The molecule has 0 saturated carbocycles. The summed E-state index contributed by atoms with van der Waals surface area (Å²) >= 11 is 0. The minimum atomic E-state index is -4.59. The molecule has 0 bridgehead atoms. The van der Waals surface area contributed by atoms with Gasteiger partial charge in [-0.05, 0) is 18.2 Å². The number of carbonyl (C=O) groups excluding carboxylic acids is 1. The van der Waals surface area contributed by atoms with Crippen LogP contribution < -0.4 is 0 Å². The molecule has 1 aromatic rings. The number of ether oxygens (including phenoxy) is 1. The van der Waals surface area contributed by atoms with E-state index in [9.17, 15) is 18.0 Å². The van der Waals surface area contributed by atoms with Crippen LogP contribution in [0.5, 0.6) is 0 Å². The number of alkyl halides is 3. The van der Waals surface area contributed by atoms with Crippen molar-refractivity contribution in [3.8, 4) is 0 Å². The molecule has 16 heavy (non-hydrogen) atoms. The van der Waals surface area contributed by atoms with Crippen molar-refractivity contribution in [1.82, 2.24) is 0 Å². The van der Waals surface area contributed by atoms with E-state index < -0.39 is 17.7 Å². The van der Waals surface area contributed by atoms with Crippen LogP contribution in [0, 0.1) is 6.57 Å². The maximum absolute atomic E-state index is 12.4. The van der Waals surface area contributed by atoms with Crippen molar-refractivity contribution in [3.05, 3.63) is 40.7 Å². The van der Waals surface area contributed by atoms with Crippen molar-refractivity contribution in [1.29, 1.82) is 0 Å². The maximum Gasteiger partial charge on any atom is 0.415 e. The maximum atomic E-state index is 12.4. The van der Waals surface area contributed by atoms with Gasteiger partial charge in [0.05, 0.1) is 13.7 Å². The Balaban J connectivity index is 3.34. The van der Waals surface area contributed by atoms with Gasteiger partial charge in [0.25, 0.3) is 0 Å². The Kier molecular flexibility index (Phi) is 3.18. The molecule has 0 heterocycles. The third-order valence-corrected chi connectivity index (χ3v) is 1.80. The first-order chi connectivity index (χ1) is 7.38. The number of halogens is 3. The summed E-state index contributed by atoms with van der Waals surface area (Å²) in [5.41, 5.74) is -1.58. The number of esters is 1. The van der Waals surface area contributed by atoms with E-state index in [1.54, 1.807) is 0 Å². The molecule has 0 aromatic heterocycles. The number of hydrogen-bond donors (Lipinski definition) is 0. The molecular formula is C10H6F3NO2. The van der Waals surface area contributed by atoms with E-state index >= 15 is 0 Å². The monoisotopic (exact) mass is 229 g/mol. The number of nitrogens with zero attached hydrogens (tertiary/aromatic N) is 1. The van der Waals surface area contributed by atoms with Crippen LogP contribution in [0.15, 0.2) is 18.2 Å². The van der Waals surface area contributed by atoms with Crippen LogP contribution in [0.4, 0.5) is 18.9 Å². The normalized spacial score (nSPS) is 10.7. The first kappa shape index (κ1) is 12.0. The molecule has 0 unspecified atom stereocenters. The molecule has 0 fully saturated rings. The Morgan fingerprint density at radius 1 is 1.38 bits per heavy atom. The average Bonchev–Trinajstić information content (AvgIpc) is 2.26. The van der Waals surface area contributed by atoms with E-state index in [4.69, 9.17) is 6.57 Å². The summed E-state index contributed by atoms with van der Waals surface area (Å²) < 4.78 is 41.5. The molecule has 0 aliphatic heterocycles. The van der Waals surface area contributed by atoms with Crippen LogP contribution in [0.25, 0.3) is 4.85 Å². The molecule has 3 nitrogen and oxygen atoms in total. The van der Waals surface area contributed by atoms with Gasteiger partial charge < -0.3 is 4.74 Å². The fourth-order valence-electron chi connectivity index (χ4n) is 1.08. The lowest BCUT2D eigenvalue weighted by molar-refractivity contribution is -0.137. The molecule has 0 atom stereocenters. The second kappa shape index (κ2) is 4.23. The molecule has 1 rings (SSSR count). The van der Waals surface area contributed by atoms with E-state index in [-0.39, 0.29) is 11.3 Å². The second-order valence-corrected chi connectivity index (χ2v) is 2.87. The highest BCUT2D eigenvalue weighted by Gasteiger charge is 2.31. The highest BCUT2D eigenvalue weighted by Crippen LogP contribution is 2.32. The SMILES string of the molecule is [C-]#[N+]c1cc(C(=O)OC)cc(C(F)(F)F)c1. The number of carbonyl (C=O) groups is 1. The van der Waals surface area contributed by atoms with E-state index in [0.717, 1.165) is 13.2 Å². The second-order valence-electron chi connectivity index (χ2n) is 2.87. The van der Waals surface area contributed by atoms with Crippen LogP contribution in [0.2, 0.25) is 0 Å². The molecule has 0 aliphatic rings. The number of rotatable bonds is 1. The third kappa shape index (κ3) is 2.51. The first-order valence-electron chi connectivity index (χ1n) is 4.06. The van der Waals surface area contributed by atoms with Gasteiger partial charge in [-0.2, -0.15) is 13.2 Å². The number of hydrogen-bond acceptors (Lipinski definition) is 2. The van der Waals surface area contributed by atoms with Crippen LogP contribution in [0.1, 0.15) is 15.9 Å². The third-order valence-electron chi connectivity index (χ3n) is 1.80. The Morgan fingerprint density at radius 3 is 2.44 bits per heavy atom. The molecule has 0 radical (unpaired) electrons. The molecule has 0 saturated heterocycles. The topological polar surface area (TPSA) is 30.7 Å². The Morgan fingerprint density at radius 2 is 2.00 bits per heavy atom. The zero-order chi connectivity index (χ0) is 12.3. The number of methoxy groups -OCH3 is 1. The lowest BCUT2D eigenvalue weighted by Crippen LogP contribution is -2.08. The Bertz CT molecular complexity index is 460. The van der Waals surface area contributed by atoms with Crippen molar-refractivity contribution in [2.45, 2.75) is 6.18 Å². The van der Waals surface area contributed by atoms with Crippen molar-refractivity contribution in [3.63, 3.8) is 0 Å². The number of benzene rings is 1. The molecule has 6 heteroatoms. The van der Waals surface area contributed by atoms with Crippen LogP contribution in [0.3, 0.4) is 0 Å². The van der Waals surface area contributed by atoms with Gasteiger partial charge in [0.2, 0.25) is 0 Å². The van der Waals surface area contributed by atoms with Gasteiger partial charge in [-0.15, -0.1) is 0 Å². The Labute approximate surface area is 89.3 Å². The van der Waals surface area contributed by atoms with Crippen LogP contribution >= 0.6 is 0 Å². The van der Waals surface area contributed by atoms with Gasteiger partial charge in [-0.3, -0.25) is 0 Å². The van der Waals surface area contributed by atoms with E-state index in [1.165, 1.54) is 0 Å². The summed E-state index contributed by atoms with van der Waals surface area (Å²) in [4.78, 5) is 13.9. The largest absolute Gasteiger partial charge is 0.465 e. The summed E-state index contributed by atoms with van der Waals surface area (Å²) in [6, 6.07) is 2.38. The van der Waals surface area contributed by atoms with Crippen molar-refractivity contribution in [2.75, 3.05) is 7.11 Å².